The molecule has 0 aliphatic rings. The Morgan fingerprint density at radius 1 is 0.632 bits per heavy atom. The van der Waals surface area contributed by atoms with Crippen LogP contribution in [0.2, 0.25) is 0 Å². The molecule has 3 aromatic rings. The molecule has 3 rings (SSSR count). The van der Waals surface area contributed by atoms with Gasteiger partial charge in [0.15, 0.2) is 0 Å². The highest BCUT2D eigenvalue weighted by atomic mass is 32.2. The molecule has 0 bridgehead atoms. The van der Waals surface area contributed by atoms with Crippen molar-refractivity contribution in [3.8, 4) is 11.3 Å². The van der Waals surface area contributed by atoms with Crippen LogP contribution < -0.4 is 11.5 Å². The van der Waals surface area contributed by atoms with Crippen LogP contribution in [-0.2, 0) is 40.5 Å². The Labute approximate surface area is 214 Å². The first-order chi connectivity index (χ1) is 17.3. The summed E-state index contributed by atoms with van der Waals surface area (Å²) in [4.78, 5) is -8.73. The molecule has 0 saturated heterocycles. The first-order valence-corrected chi connectivity index (χ1v) is 15.1. The fourth-order valence-corrected chi connectivity index (χ4v) is 8.38. The van der Waals surface area contributed by atoms with Gasteiger partial charge in [0.25, 0.3) is 40.5 Å². The Balaban J connectivity index is 2.96. The molecular weight excluding hydrogens is 594 g/mol. The Hall–Kier alpha value is -3.57. The normalized spacial score (nSPS) is 13.7. The molecule has 17 nitrogen and oxygen atoms in total. The van der Waals surface area contributed by atoms with Gasteiger partial charge >= 0.3 is 0 Å². The number of nitrogens with two attached hydrogens (primary N) is 2. The van der Waals surface area contributed by atoms with Crippen LogP contribution in [0.5, 0.6) is 0 Å². The van der Waals surface area contributed by atoms with Crippen molar-refractivity contribution < 1.29 is 51.9 Å². The van der Waals surface area contributed by atoms with Crippen LogP contribution in [0.1, 0.15) is 11.1 Å². The second kappa shape index (κ2) is 9.63. The van der Waals surface area contributed by atoms with E-state index in [-0.39, 0.29) is 5.56 Å². The fraction of sp³-hybridized carbons (Fsp3) is 0. The molecule has 1 heterocycles. The molecule has 2 aromatic carbocycles. The van der Waals surface area contributed by atoms with Crippen LogP contribution in [0.4, 0.5) is 0 Å². The predicted molar refractivity (Wildman–Crippen MR) is 126 cm³/mol. The van der Waals surface area contributed by atoms with Crippen molar-refractivity contribution in [1.82, 2.24) is 15.4 Å². The lowest BCUT2D eigenvalue weighted by atomic mass is 9.98. The molecule has 0 aliphatic carbocycles. The molecule has 204 valence electrons. The smallest absolute Gasteiger partial charge is 0.297 e. The van der Waals surface area contributed by atoms with E-state index < -0.39 is 88.3 Å². The lowest BCUT2D eigenvalue weighted by Gasteiger charge is -2.22. The van der Waals surface area contributed by atoms with Gasteiger partial charge < -0.3 is 11.5 Å². The van der Waals surface area contributed by atoms with Gasteiger partial charge in [-0.3, -0.25) is 18.2 Å². The van der Waals surface area contributed by atoms with Crippen molar-refractivity contribution in [3.05, 3.63) is 53.7 Å². The zero-order valence-electron chi connectivity index (χ0n) is 18.2. The third-order valence-corrected chi connectivity index (χ3v) is 8.84. The standard InChI is InChI=1S/C17H15N5O12S4/c18-12(8-4-2-1-3-5-8)13(19)11-10(9-6-7-20-22-21-9)14(35(23,24)25)16(37(29,30)31)17(38(32,33)34)15(11)36(26,27)28/h1-7H,18-19H2,(H,23,24,25)(H,26,27,28)(H,29,30,31)(H,32,33,34). The Kier molecular flexibility index (Phi) is 7.35. The van der Waals surface area contributed by atoms with E-state index in [9.17, 15) is 51.9 Å². The maximum atomic E-state index is 12.5. The molecule has 21 heteroatoms. The number of aromatic nitrogens is 3. The molecule has 0 unspecified atom stereocenters. The topological polar surface area (TPSA) is 308 Å². The summed E-state index contributed by atoms with van der Waals surface area (Å²) in [5.41, 5.74) is 7.03. The summed E-state index contributed by atoms with van der Waals surface area (Å²) in [5.74, 6) is 0. The minimum Gasteiger partial charge on any atom is -0.397 e. The summed E-state index contributed by atoms with van der Waals surface area (Å²) in [7, 11) is -24.3. The van der Waals surface area contributed by atoms with Gasteiger partial charge in [0.1, 0.15) is 19.6 Å². The highest BCUT2D eigenvalue weighted by molar-refractivity contribution is 7.91. The van der Waals surface area contributed by atoms with Crippen LogP contribution in [0.25, 0.3) is 22.7 Å². The van der Waals surface area contributed by atoms with Gasteiger partial charge in [0, 0.05) is 11.1 Å². The molecular formula is C17H15N5O12S4. The maximum Gasteiger partial charge on any atom is 0.297 e. The molecule has 8 N–H and O–H groups in total. The maximum absolute atomic E-state index is 12.5. The van der Waals surface area contributed by atoms with Gasteiger partial charge in [0.2, 0.25) is 0 Å². The molecule has 0 atom stereocenters. The summed E-state index contributed by atoms with van der Waals surface area (Å²) < 4.78 is 139. The first kappa shape index (κ1) is 29.0. The molecule has 0 amide bonds. The SMILES string of the molecule is NC(=C(N)c1c(-c2ccnnn2)c(S(=O)(=O)O)c(S(=O)(=O)O)c(S(=O)(=O)O)c1S(=O)(=O)O)c1ccccc1. The van der Waals surface area contributed by atoms with E-state index in [0.717, 1.165) is 12.3 Å². The lowest BCUT2D eigenvalue weighted by Crippen LogP contribution is -2.24. The average molecular weight is 610 g/mol. The minimum absolute atomic E-state index is 0.0266. The average Bonchev–Trinajstić information content (AvgIpc) is 2.80. The van der Waals surface area contributed by atoms with Gasteiger partial charge in [-0.2, -0.15) is 33.7 Å². The number of nitrogens with zero attached hydrogens (tertiary/aromatic N) is 3. The van der Waals surface area contributed by atoms with Gasteiger partial charge in [-0.25, -0.2) is 0 Å². The van der Waals surface area contributed by atoms with E-state index in [0.29, 0.717) is 0 Å². The largest absolute Gasteiger partial charge is 0.397 e. The van der Waals surface area contributed by atoms with Gasteiger partial charge in [-0.1, -0.05) is 30.3 Å². The Morgan fingerprint density at radius 2 is 1.11 bits per heavy atom. The van der Waals surface area contributed by atoms with Crippen LogP contribution in [-0.4, -0.2) is 67.3 Å². The van der Waals surface area contributed by atoms with E-state index in [4.69, 9.17) is 11.5 Å². The van der Waals surface area contributed by atoms with Gasteiger partial charge in [0.05, 0.1) is 23.3 Å². The molecule has 0 spiro atoms. The van der Waals surface area contributed by atoms with Crippen molar-refractivity contribution in [3.63, 3.8) is 0 Å². The first-order valence-electron chi connectivity index (χ1n) is 9.37. The van der Waals surface area contributed by atoms with E-state index >= 15 is 0 Å². The van der Waals surface area contributed by atoms with E-state index in [1.54, 1.807) is 0 Å². The molecule has 0 radical (unpaired) electrons. The van der Waals surface area contributed by atoms with E-state index in [1.807, 2.05) is 0 Å². The van der Waals surface area contributed by atoms with Crippen molar-refractivity contribution in [2.75, 3.05) is 0 Å². The highest BCUT2D eigenvalue weighted by Crippen LogP contribution is 2.46. The Morgan fingerprint density at radius 3 is 1.53 bits per heavy atom. The highest BCUT2D eigenvalue weighted by Gasteiger charge is 2.44. The van der Waals surface area contributed by atoms with E-state index in [1.165, 1.54) is 30.3 Å². The quantitative estimate of drug-likeness (QED) is 0.142. The zero-order valence-corrected chi connectivity index (χ0v) is 21.5. The van der Waals surface area contributed by atoms with E-state index in [2.05, 4.69) is 15.4 Å². The van der Waals surface area contributed by atoms with Crippen LogP contribution in [0.3, 0.4) is 0 Å². The van der Waals surface area contributed by atoms with Crippen molar-refractivity contribution in [1.29, 1.82) is 0 Å². The summed E-state index contributed by atoms with van der Waals surface area (Å²) >= 11 is 0. The fourth-order valence-electron chi connectivity index (χ4n) is 3.40. The molecule has 0 saturated carbocycles. The molecule has 0 fully saturated rings. The minimum atomic E-state index is -6.18. The second-order valence-corrected chi connectivity index (χ2v) is 12.6. The number of benzene rings is 2. The van der Waals surface area contributed by atoms with Crippen molar-refractivity contribution in [2.24, 2.45) is 11.5 Å². The predicted octanol–water partition coefficient (Wildman–Crippen LogP) is -0.731. The monoisotopic (exact) mass is 609 g/mol. The Bertz CT molecular complexity index is 1910. The van der Waals surface area contributed by atoms with Crippen molar-refractivity contribution >= 4 is 51.9 Å². The van der Waals surface area contributed by atoms with Gasteiger partial charge in [-0.05, 0) is 16.8 Å². The summed E-state index contributed by atoms with van der Waals surface area (Å²) in [6, 6.07) is 7.83. The van der Waals surface area contributed by atoms with Crippen LogP contribution in [0.15, 0.2) is 62.2 Å². The lowest BCUT2D eigenvalue weighted by molar-refractivity contribution is 0.447. The number of hydrogen-bond donors (Lipinski definition) is 6. The number of hydrogen-bond acceptors (Lipinski definition) is 13. The zero-order chi connectivity index (χ0) is 28.8. The van der Waals surface area contributed by atoms with Crippen molar-refractivity contribution in [2.45, 2.75) is 19.6 Å². The molecule has 1 aromatic heterocycles. The third kappa shape index (κ3) is 5.48. The van der Waals surface area contributed by atoms with Crippen LogP contribution in [0, 0.1) is 0 Å². The molecule has 0 aliphatic heterocycles. The molecule has 38 heavy (non-hydrogen) atoms. The summed E-state index contributed by atoms with van der Waals surface area (Å²) in [5, 5.41) is 9.91. The number of rotatable bonds is 7. The van der Waals surface area contributed by atoms with Crippen LogP contribution >= 0.6 is 0 Å². The summed E-state index contributed by atoms with van der Waals surface area (Å²) in [6.45, 7) is 0. The summed E-state index contributed by atoms with van der Waals surface area (Å²) in [6.07, 6.45) is 0.831. The second-order valence-electron chi connectivity index (χ2n) is 7.17. The third-order valence-electron chi connectivity index (χ3n) is 4.76. The van der Waals surface area contributed by atoms with Gasteiger partial charge in [-0.15, -0.1) is 10.2 Å².